The Bertz CT molecular complexity index is 602. The molecular weight excluding hydrogens is 259 g/mol. The molecule has 104 valence electrons. The van der Waals surface area contributed by atoms with Crippen molar-refractivity contribution in [1.82, 2.24) is 4.98 Å². The van der Waals surface area contributed by atoms with Crippen molar-refractivity contribution in [1.29, 1.82) is 0 Å². The molecule has 1 aromatic heterocycles. The van der Waals surface area contributed by atoms with E-state index in [4.69, 9.17) is 10.5 Å². The molecule has 0 fully saturated rings. The van der Waals surface area contributed by atoms with Crippen LogP contribution in [-0.4, -0.2) is 24.0 Å². The lowest BCUT2D eigenvalue weighted by Crippen LogP contribution is -2.07. The Morgan fingerprint density at radius 2 is 2.15 bits per heavy atom. The molecule has 1 heterocycles. The zero-order valence-electron chi connectivity index (χ0n) is 10.9. The molecule has 0 spiro atoms. The molecule has 4 nitrogen and oxygen atoms in total. The molecule has 0 aliphatic carbocycles. The van der Waals surface area contributed by atoms with E-state index in [1.54, 1.807) is 36.4 Å². The number of aromatic nitrogens is 1. The first-order valence-corrected chi connectivity index (χ1v) is 6.26. The van der Waals surface area contributed by atoms with Crippen LogP contribution in [0.25, 0.3) is 0 Å². The Morgan fingerprint density at radius 3 is 2.90 bits per heavy atom. The second-order valence-corrected chi connectivity index (χ2v) is 4.18. The molecule has 5 heteroatoms. The van der Waals surface area contributed by atoms with Crippen LogP contribution in [-0.2, 0) is 0 Å². The molecule has 2 N–H and O–H groups in total. The second kappa shape index (κ2) is 6.65. The number of hydrogen-bond donors (Lipinski definition) is 1. The van der Waals surface area contributed by atoms with Crippen LogP contribution in [0.15, 0.2) is 42.6 Å². The van der Waals surface area contributed by atoms with Gasteiger partial charge in [-0.25, -0.2) is 4.98 Å². The zero-order valence-corrected chi connectivity index (χ0v) is 10.9. The Kier molecular flexibility index (Phi) is 4.65. The van der Waals surface area contributed by atoms with Gasteiger partial charge in [-0.1, -0.05) is 12.1 Å². The third kappa shape index (κ3) is 3.32. The van der Waals surface area contributed by atoms with E-state index in [1.165, 1.54) is 6.20 Å². The molecule has 20 heavy (non-hydrogen) atoms. The van der Waals surface area contributed by atoms with Crippen LogP contribution in [0.4, 0.5) is 10.2 Å². The number of rotatable bonds is 6. The maximum atomic E-state index is 12.3. The minimum atomic E-state index is -0.426. The van der Waals surface area contributed by atoms with Crippen molar-refractivity contribution in [2.75, 3.05) is 19.0 Å². The summed E-state index contributed by atoms with van der Waals surface area (Å²) in [6, 6.07) is 10.0. The molecule has 0 bridgehead atoms. The van der Waals surface area contributed by atoms with Crippen molar-refractivity contribution in [3.63, 3.8) is 0 Å². The Morgan fingerprint density at radius 1 is 1.30 bits per heavy atom. The number of alkyl halides is 1. The van der Waals surface area contributed by atoms with Crippen LogP contribution in [0, 0.1) is 0 Å². The van der Waals surface area contributed by atoms with E-state index in [0.717, 1.165) is 0 Å². The summed E-state index contributed by atoms with van der Waals surface area (Å²) in [5.74, 6) is 0.513. The minimum absolute atomic E-state index is 0.196. The molecule has 0 aliphatic rings. The molecule has 0 saturated heterocycles. The summed E-state index contributed by atoms with van der Waals surface area (Å²) in [7, 11) is 0. The predicted octanol–water partition coefficient (Wildman–Crippen LogP) is 2.63. The van der Waals surface area contributed by atoms with Crippen molar-refractivity contribution in [3.05, 3.63) is 53.7 Å². The van der Waals surface area contributed by atoms with E-state index in [2.05, 4.69) is 4.98 Å². The van der Waals surface area contributed by atoms with Crippen molar-refractivity contribution in [3.8, 4) is 5.75 Å². The number of anilines is 1. The van der Waals surface area contributed by atoms with E-state index < -0.39 is 6.67 Å². The normalized spacial score (nSPS) is 10.2. The van der Waals surface area contributed by atoms with Crippen LogP contribution in [0.3, 0.4) is 0 Å². The van der Waals surface area contributed by atoms with Crippen LogP contribution in [0.2, 0.25) is 0 Å². The van der Waals surface area contributed by atoms with Gasteiger partial charge in [-0.15, -0.1) is 0 Å². The number of hydrogen-bond acceptors (Lipinski definition) is 4. The number of carbonyl (C=O) groups is 1. The Balaban J connectivity index is 2.18. The quantitative estimate of drug-likeness (QED) is 0.649. The number of nitrogens with two attached hydrogens (primary N) is 1. The molecule has 2 rings (SSSR count). The summed E-state index contributed by atoms with van der Waals surface area (Å²) in [5.41, 5.74) is 6.51. The van der Waals surface area contributed by atoms with E-state index in [0.29, 0.717) is 23.3 Å². The zero-order chi connectivity index (χ0) is 14.4. The maximum Gasteiger partial charge on any atom is 0.196 e. The summed E-state index contributed by atoms with van der Waals surface area (Å²) in [5, 5.41) is 0. The molecule has 0 aliphatic heterocycles. The van der Waals surface area contributed by atoms with E-state index in [1.807, 2.05) is 0 Å². The van der Waals surface area contributed by atoms with Crippen LogP contribution in [0.1, 0.15) is 22.3 Å². The van der Waals surface area contributed by atoms with Gasteiger partial charge in [0.15, 0.2) is 5.78 Å². The van der Waals surface area contributed by atoms with Gasteiger partial charge in [0.2, 0.25) is 0 Å². The first-order chi connectivity index (χ1) is 9.72. The van der Waals surface area contributed by atoms with Gasteiger partial charge >= 0.3 is 0 Å². The first kappa shape index (κ1) is 14.0. The molecule has 0 atom stereocenters. The van der Waals surface area contributed by atoms with Gasteiger partial charge in [0, 0.05) is 18.2 Å². The second-order valence-electron chi connectivity index (χ2n) is 4.18. The highest BCUT2D eigenvalue weighted by atomic mass is 19.1. The number of pyridine rings is 1. The number of nitrogens with zero attached hydrogens (tertiary/aromatic N) is 1. The van der Waals surface area contributed by atoms with Gasteiger partial charge in [-0.3, -0.25) is 9.18 Å². The van der Waals surface area contributed by atoms with Gasteiger partial charge < -0.3 is 10.5 Å². The largest absolute Gasteiger partial charge is 0.493 e. The number of nitrogen functional groups attached to an aromatic ring is 1. The number of halogens is 1. The molecule has 0 radical (unpaired) electrons. The predicted molar refractivity (Wildman–Crippen MR) is 74.6 cm³/mol. The lowest BCUT2D eigenvalue weighted by molar-refractivity contribution is 0.103. The molecule has 0 amide bonds. The van der Waals surface area contributed by atoms with Crippen LogP contribution >= 0.6 is 0 Å². The fraction of sp³-hybridized carbons (Fsp3) is 0.200. The lowest BCUT2D eigenvalue weighted by Gasteiger charge is -2.07. The number of ether oxygens (including phenoxy) is 1. The van der Waals surface area contributed by atoms with Gasteiger partial charge in [-0.2, -0.15) is 0 Å². The minimum Gasteiger partial charge on any atom is -0.493 e. The van der Waals surface area contributed by atoms with E-state index in [9.17, 15) is 9.18 Å². The third-order valence-electron chi connectivity index (χ3n) is 2.73. The summed E-state index contributed by atoms with van der Waals surface area (Å²) < 4.78 is 17.4. The van der Waals surface area contributed by atoms with Gasteiger partial charge in [-0.05, 0) is 24.3 Å². The summed E-state index contributed by atoms with van der Waals surface area (Å²) >= 11 is 0. The third-order valence-corrected chi connectivity index (χ3v) is 2.73. The molecule has 0 unspecified atom stereocenters. The number of carbonyl (C=O) groups excluding carboxylic acids is 1. The standard InChI is InChI=1S/C15H15FN2O2/c16-7-3-9-20-12-5-1-4-11(10-12)14(19)13-6-2-8-18-15(13)17/h1-2,4-6,8,10H,3,7,9H2,(H2,17,18). The summed E-state index contributed by atoms with van der Waals surface area (Å²) in [6.07, 6.45) is 1.86. The van der Waals surface area contributed by atoms with E-state index in [-0.39, 0.29) is 18.2 Å². The monoisotopic (exact) mass is 274 g/mol. The smallest absolute Gasteiger partial charge is 0.196 e. The first-order valence-electron chi connectivity index (χ1n) is 6.26. The number of benzene rings is 1. The van der Waals surface area contributed by atoms with Crippen molar-refractivity contribution >= 4 is 11.6 Å². The molecule has 0 saturated carbocycles. The maximum absolute atomic E-state index is 12.3. The van der Waals surface area contributed by atoms with Crippen LogP contribution < -0.4 is 10.5 Å². The summed E-state index contributed by atoms with van der Waals surface area (Å²) in [6.45, 7) is -0.145. The van der Waals surface area contributed by atoms with Gasteiger partial charge in [0.1, 0.15) is 11.6 Å². The Labute approximate surface area is 116 Å². The highest BCUT2D eigenvalue weighted by Crippen LogP contribution is 2.19. The SMILES string of the molecule is Nc1ncccc1C(=O)c1cccc(OCCCF)c1. The van der Waals surface area contributed by atoms with Crippen molar-refractivity contribution in [2.45, 2.75) is 6.42 Å². The highest BCUT2D eigenvalue weighted by molar-refractivity contribution is 6.11. The van der Waals surface area contributed by atoms with Gasteiger partial charge in [0.05, 0.1) is 18.8 Å². The van der Waals surface area contributed by atoms with Crippen molar-refractivity contribution in [2.24, 2.45) is 0 Å². The summed E-state index contributed by atoms with van der Waals surface area (Å²) in [4.78, 5) is 16.2. The highest BCUT2D eigenvalue weighted by Gasteiger charge is 2.13. The average molecular weight is 274 g/mol. The van der Waals surface area contributed by atoms with Crippen molar-refractivity contribution < 1.29 is 13.9 Å². The lowest BCUT2D eigenvalue weighted by atomic mass is 10.0. The number of ketones is 1. The topological polar surface area (TPSA) is 65.2 Å². The van der Waals surface area contributed by atoms with Crippen LogP contribution in [0.5, 0.6) is 5.75 Å². The fourth-order valence-corrected chi connectivity index (χ4v) is 1.74. The fourth-order valence-electron chi connectivity index (χ4n) is 1.74. The van der Waals surface area contributed by atoms with E-state index >= 15 is 0 Å². The molecular formula is C15H15FN2O2. The molecule has 2 aromatic rings. The Hall–Kier alpha value is -2.43. The average Bonchev–Trinajstić information content (AvgIpc) is 2.48. The molecule has 1 aromatic carbocycles. The van der Waals surface area contributed by atoms with Gasteiger partial charge in [0.25, 0.3) is 0 Å².